The van der Waals surface area contributed by atoms with Crippen LogP contribution < -0.4 is 10.5 Å². The number of anilines is 1. The molecule has 2 N–H and O–H groups in total. The lowest BCUT2D eigenvalue weighted by molar-refractivity contribution is 0.471. The lowest BCUT2D eigenvalue weighted by atomic mass is 9.99. The Bertz CT molecular complexity index is 717. The van der Waals surface area contributed by atoms with Gasteiger partial charge in [0.1, 0.15) is 17.6 Å². The van der Waals surface area contributed by atoms with Gasteiger partial charge in [0.2, 0.25) is 0 Å². The van der Waals surface area contributed by atoms with E-state index in [9.17, 15) is 5.26 Å². The molecule has 0 bridgehead atoms. The van der Waals surface area contributed by atoms with Crippen molar-refractivity contribution >= 4 is 17.3 Å². The van der Waals surface area contributed by atoms with E-state index in [1.807, 2.05) is 19.1 Å². The fourth-order valence-electron chi connectivity index (χ4n) is 2.05. The first kappa shape index (κ1) is 15.2. The molecule has 0 unspecified atom stereocenters. The number of nitrogens with zero attached hydrogens (tertiary/aromatic N) is 1. The van der Waals surface area contributed by atoms with E-state index in [1.165, 1.54) is 0 Å². The Morgan fingerprint density at radius 1 is 1.19 bits per heavy atom. The zero-order valence-corrected chi connectivity index (χ0v) is 13.0. The molecule has 2 aromatic rings. The predicted octanol–water partition coefficient (Wildman–Crippen LogP) is 5.02. The van der Waals surface area contributed by atoms with Crippen LogP contribution in [0.1, 0.15) is 36.5 Å². The molecule has 21 heavy (non-hydrogen) atoms. The highest BCUT2D eigenvalue weighted by Crippen LogP contribution is 2.35. The summed E-state index contributed by atoms with van der Waals surface area (Å²) in [6.07, 6.45) is 0. The second-order valence-corrected chi connectivity index (χ2v) is 5.69. The fourth-order valence-corrected chi connectivity index (χ4v) is 2.21. The zero-order chi connectivity index (χ0) is 15.6. The summed E-state index contributed by atoms with van der Waals surface area (Å²) in [4.78, 5) is 0. The van der Waals surface area contributed by atoms with E-state index in [0.717, 1.165) is 16.8 Å². The van der Waals surface area contributed by atoms with Gasteiger partial charge in [0.15, 0.2) is 0 Å². The molecule has 0 atom stereocenters. The summed E-state index contributed by atoms with van der Waals surface area (Å²) in [6, 6.07) is 10.9. The second kappa shape index (κ2) is 6.07. The lowest BCUT2D eigenvalue weighted by Crippen LogP contribution is -1.99. The Balaban J connectivity index is 2.51. The van der Waals surface area contributed by atoms with Crippen LogP contribution in [0, 0.1) is 18.3 Å². The third kappa shape index (κ3) is 3.29. The minimum absolute atomic E-state index is 0.257. The van der Waals surface area contributed by atoms with Crippen molar-refractivity contribution in [3.8, 4) is 17.6 Å². The molecule has 0 fully saturated rings. The molecule has 0 aromatic heterocycles. The number of hydrogen-bond acceptors (Lipinski definition) is 3. The maximum Gasteiger partial charge on any atom is 0.146 e. The summed E-state index contributed by atoms with van der Waals surface area (Å²) in [6.45, 7) is 6.07. The van der Waals surface area contributed by atoms with Crippen molar-refractivity contribution in [2.45, 2.75) is 26.7 Å². The Morgan fingerprint density at radius 2 is 1.90 bits per heavy atom. The van der Waals surface area contributed by atoms with Crippen molar-refractivity contribution in [1.29, 1.82) is 5.26 Å². The Morgan fingerprint density at radius 3 is 2.52 bits per heavy atom. The molecular weight excluding hydrogens is 284 g/mol. The smallest absolute Gasteiger partial charge is 0.146 e. The highest BCUT2D eigenvalue weighted by molar-refractivity contribution is 6.30. The maximum absolute atomic E-state index is 9.17. The van der Waals surface area contributed by atoms with Gasteiger partial charge in [-0.25, -0.2) is 0 Å². The fraction of sp³-hybridized carbons (Fsp3) is 0.235. The summed E-state index contributed by atoms with van der Waals surface area (Å²) < 4.78 is 5.95. The van der Waals surface area contributed by atoms with Crippen LogP contribution in [0.15, 0.2) is 30.3 Å². The summed E-state index contributed by atoms with van der Waals surface area (Å²) in [5.74, 6) is 1.42. The largest absolute Gasteiger partial charge is 0.456 e. The van der Waals surface area contributed by atoms with Crippen molar-refractivity contribution < 1.29 is 4.74 Å². The Kier molecular flexibility index (Phi) is 4.40. The molecular formula is C17H17ClN2O. The molecule has 0 radical (unpaired) electrons. The first-order valence-corrected chi connectivity index (χ1v) is 7.07. The van der Waals surface area contributed by atoms with Crippen LogP contribution in [0.4, 0.5) is 5.69 Å². The number of rotatable bonds is 3. The lowest BCUT2D eigenvalue weighted by Gasteiger charge is -2.17. The van der Waals surface area contributed by atoms with Gasteiger partial charge in [0.05, 0.1) is 5.56 Å². The van der Waals surface area contributed by atoms with Gasteiger partial charge in [0.25, 0.3) is 0 Å². The van der Waals surface area contributed by atoms with Crippen LogP contribution in [0.5, 0.6) is 11.5 Å². The standard InChI is InChI=1S/C17H17ClN2O/c1-10(2)14-8-15(20)11(3)6-17(14)21-16-7-13(18)5-4-12(16)9-19/h4-8,10H,20H2,1-3H3. The maximum atomic E-state index is 9.17. The third-order valence-corrected chi connectivity index (χ3v) is 3.54. The van der Waals surface area contributed by atoms with E-state index in [2.05, 4.69) is 19.9 Å². The van der Waals surface area contributed by atoms with Gasteiger partial charge in [-0.15, -0.1) is 0 Å². The molecule has 0 spiro atoms. The second-order valence-electron chi connectivity index (χ2n) is 5.26. The first-order chi connectivity index (χ1) is 9.92. The van der Waals surface area contributed by atoms with E-state index in [0.29, 0.717) is 22.1 Å². The van der Waals surface area contributed by atoms with E-state index < -0.39 is 0 Å². The number of halogens is 1. The van der Waals surface area contributed by atoms with Crippen LogP contribution in [-0.4, -0.2) is 0 Å². The predicted molar refractivity (Wildman–Crippen MR) is 85.9 cm³/mol. The zero-order valence-electron chi connectivity index (χ0n) is 12.3. The van der Waals surface area contributed by atoms with Gasteiger partial charge in [-0.2, -0.15) is 5.26 Å². The summed E-state index contributed by atoms with van der Waals surface area (Å²) in [5, 5.41) is 9.70. The molecule has 0 saturated carbocycles. The average Bonchev–Trinajstić information content (AvgIpc) is 2.42. The highest BCUT2D eigenvalue weighted by atomic mass is 35.5. The van der Waals surface area contributed by atoms with Crippen molar-refractivity contribution in [3.63, 3.8) is 0 Å². The van der Waals surface area contributed by atoms with Crippen molar-refractivity contribution in [3.05, 3.63) is 52.0 Å². The first-order valence-electron chi connectivity index (χ1n) is 6.70. The topological polar surface area (TPSA) is 59.0 Å². The molecule has 108 valence electrons. The number of aryl methyl sites for hydroxylation is 1. The molecule has 0 heterocycles. The summed E-state index contributed by atoms with van der Waals surface area (Å²) >= 11 is 5.99. The number of hydrogen-bond donors (Lipinski definition) is 1. The average molecular weight is 301 g/mol. The van der Waals surface area contributed by atoms with E-state index >= 15 is 0 Å². The number of nitriles is 1. The van der Waals surface area contributed by atoms with E-state index in [1.54, 1.807) is 18.2 Å². The van der Waals surface area contributed by atoms with Gasteiger partial charge < -0.3 is 10.5 Å². The molecule has 4 heteroatoms. The number of ether oxygens (including phenoxy) is 1. The van der Waals surface area contributed by atoms with Gasteiger partial charge in [0, 0.05) is 16.8 Å². The minimum atomic E-state index is 0.257. The van der Waals surface area contributed by atoms with Crippen molar-refractivity contribution in [2.24, 2.45) is 0 Å². The minimum Gasteiger partial charge on any atom is -0.456 e. The number of nitrogen functional groups attached to an aromatic ring is 1. The summed E-state index contributed by atoms with van der Waals surface area (Å²) in [7, 11) is 0. The highest BCUT2D eigenvalue weighted by Gasteiger charge is 2.13. The molecule has 0 aliphatic carbocycles. The number of nitrogens with two attached hydrogens (primary N) is 1. The van der Waals surface area contributed by atoms with Crippen LogP contribution in [0.3, 0.4) is 0 Å². The quantitative estimate of drug-likeness (QED) is 0.810. The normalized spacial score (nSPS) is 10.5. The van der Waals surface area contributed by atoms with Crippen molar-refractivity contribution in [1.82, 2.24) is 0 Å². The molecule has 2 rings (SSSR count). The van der Waals surface area contributed by atoms with Gasteiger partial charge in [-0.05, 0) is 48.2 Å². The van der Waals surface area contributed by atoms with Gasteiger partial charge in [-0.3, -0.25) is 0 Å². The van der Waals surface area contributed by atoms with Gasteiger partial charge in [-0.1, -0.05) is 25.4 Å². The van der Waals surface area contributed by atoms with Gasteiger partial charge >= 0.3 is 0 Å². The van der Waals surface area contributed by atoms with E-state index in [-0.39, 0.29) is 5.92 Å². The molecule has 3 nitrogen and oxygen atoms in total. The summed E-state index contributed by atoms with van der Waals surface area (Å²) in [5.41, 5.74) is 9.10. The molecule has 0 amide bonds. The molecule has 0 aliphatic heterocycles. The van der Waals surface area contributed by atoms with Crippen LogP contribution >= 0.6 is 11.6 Å². The Hall–Kier alpha value is -2.18. The SMILES string of the molecule is Cc1cc(Oc2cc(Cl)ccc2C#N)c(C(C)C)cc1N. The van der Waals surface area contributed by atoms with Crippen LogP contribution in [-0.2, 0) is 0 Å². The third-order valence-electron chi connectivity index (χ3n) is 3.30. The monoisotopic (exact) mass is 300 g/mol. The van der Waals surface area contributed by atoms with Crippen LogP contribution in [0.2, 0.25) is 5.02 Å². The van der Waals surface area contributed by atoms with E-state index in [4.69, 9.17) is 22.1 Å². The Labute approximate surface area is 129 Å². The van der Waals surface area contributed by atoms with Crippen LogP contribution in [0.25, 0.3) is 0 Å². The molecule has 2 aromatic carbocycles. The molecule has 0 saturated heterocycles. The number of benzene rings is 2. The molecule has 0 aliphatic rings. The van der Waals surface area contributed by atoms with Crippen molar-refractivity contribution in [2.75, 3.05) is 5.73 Å².